The Bertz CT molecular complexity index is 651. The van der Waals surface area contributed by atoms with Gasteiger partial charge in [0.15, 0.2) is 0 Å². The highest BCUT2D eigenvalue weighted by Crippen LogP contribution is 2.35. The molecule has 1 aliphatic heterocycles. The Hall–Kier alpha value is -2.03. The molecular weight excluding hydrogens is 372 g/mol. The lowest BCUT2D eigenvalue weighted by Gasteiger charge is -2.23. The van der Waals surface area contributed by atoms with Gasteiger partial charge in [-0.1, -0.05) is 79.2 Å². The van der Waals surface area contributed by atoms with Crippen molar-refractivity contribution in [2.45, 2.75) is 94.9 Å². The zero-order valence-electron chi connectivity index (χ0n) is 21.3. The molecule has 0 bridgehead atoms. The van der Waals surface area contributed by atoms with Gasteiger partial charge in [0.25, 0.3) is 5.95 Å². The average molecular weight is 419 g/mol. The normalized spacial score (nSPS) is 11.6. The Morgan fingerprint density at radius 3 is 2.07 bits per heavy atom. The van der Waals surface area contributed by atoms with Crippen molar-refractivity contribution < 1.29 is 14.3 Å². The summed E-state index contributed by atoms with van der Waals surface area (Å²) < 4.78 is 11.2. The first kappa shape index (κ1) is 30.2. The summed E-state index contributed by atoms with van der Waals surface area (Å²) in [4.78, 5) is 10.2. The summed E-state index contributed by atoms with van der Waals surface area (Å²) in [5.74, 6) is 2.40. The minimum atomic E-state index is 0.307. The van der Waals surface area contributed by atoms with Gasteiger partial charge in [0.2, 0.25) is 0 Å². The zero-order chi connectivity index (χ0) is 23.7. The number of carbonyl (C=O) groups is 1. The number of carbonyl (C=O) groups excluding carboxylic acids is 1. The van der Waals surface area contributed by atoms with Crippen LogP contribution in [0.5, 0.6) is 0 Å². The summed E-state index contributed by atoms with van der Waals surface area (Å²) in [7, 11) is 0. The van der Waals surface area contributed by atoms with E-state index < -0.39 is 0 Å². The molecule has 0 aliphatic carbocycles. The first-order valence-electron chi connectivity index (χ1n) is 11.4. The van der Waals surface area contributed by atoms with Crippen molar-refractivity contribution in [1.82, 2.24) is 0 Å². The van der Waals surface area contributed by atoms with Crippen LogP contribution in [-0.4, -0.2) is 12.4 Å². The van der Waals surface area contributed by atoms with Crippen molar-refractivity contribution in [3.8, 4) is 0 Å². The Kier molecular flexibility index (Phi) is 17.9. The van der Waals surface area contributed by atoms with Crippen molar-refractivity contribution in [2.24, 2.45) is 5.92 Å². The van der Waals surface area contributed by atoms with Gasteiger partial charge in [0, 0.05) is 17.6 Å². The van der Waals surface area contributed by atoms with Gasteiger partial charge >= 0.3 is 0 Å². The first-order chi connectivity index (χ1) is 14.1. The molecule has 30 heavy (non-hydrogen) atoms. The topological polar surface area (TPSA) is 35.5 Å². The van der Waals surface area contributed by atoms with Crippen LogP contribution in [0.15, 0.2) is 30.7 Å². The third kappa shape index (κ3) is 13.2. The largest absolute Gasteiger partial charge is 0.465 e. The number of Topliss-reactive ketones (excluding diaryl/α,β-unsaturated/α-hetero) is 1. The maximum atomic E-state index is 10.2. The van der Waals surface area contributed by atoms with E-state index >= 15 is 0 Å². The van der Waals surface area contributed by atoms with Crippen LogP contribution in [0, 0.1) is 12.8 Å². The molecule has 1 aliphatic rings. The fourth-order valence-electron chi connectivity index (χ4n) is 2.33. The second-order valence-electron chi connectivity index (χ2n) is 7.87. The molecular formula is C27H46O3. The maximum absolute atomic E-state index is 10.2. The third-order valence-electron chi connectivity index (χ3n) is 3.72. The quantitative estimate of drug-likeness (QED) is 0.464. The highest BCUT2D eigenvalue weighted by Gasteiger charge is 2.21. The number of aryl methyl sites for hydroxylation is 1. The van der Waals surface area contributed by atoms with Crippen molar-refractivity contribution in [2.75, 3.05) is 6.61 Å². The third-order valence-corrected chi connectivity index (χ3v) is 3.72. The average Bonchev–Trinajstić information content (AvgIpc) is 2.69. The van der Waals surface area contributed by atoms with Crippen LogP contribution in [0.4, 0.5) is 0 Å². The summed E-state index contributed by atoms with van der Waals surface area (Å²) in [6, 6.07) is 6.29. The Labute approximate surface area is 186 Å². The predicted octanol–water partition coefficient (Wildman–Crippen LogP) is 8.57. The molecule has 0 unspecified atom stereocenters. The molecule has 1 aromatic rings. The predicted molar refractivity (Wildman–Crippen MR) is 132 cm³/mol. The zero-order valence-corrected chi connectivity index (χ0v) is 21.3. The standard InChI is InChI=1S/C15H18O2.C6H12O.C4H10.C2H6/c1-5-8-16-15-11(3)13-7-6-10(2)9-14(13)12(4)17-15;1-3-4-5-6(2)7;1-4(2)3;1-2/h6-7,9H,4-5,8H2,1-3H3;3-5H2,1-2H3;4H,1-3H3;1-2H3. The summed E-state index contributed by atoms with van der Waals surface area (Å²) in [5.41, 5.74) is 4.46. The van der Waals surface area contributed by atoms with Gasteiger partial charge in [-0.05, 0) is 51.2 Å². The molecule has 0 amide bonds. The van der Waals surface area contributed by atoms with E-state index in [0.717, 1.165) is 48.3 Å². The molecule has 0 spiro atoms. The SMILES string of the molecule is C=C1OC(OCCC)=C(C)c2ccc(C)cc21.CC.CC(C)C.CCCCC(C)=O. The Morgan fingerprint density at radius 2 is 1.63 bits per heavy atom. The Balaban J connectivity index is 0. The molecule has 0 N–H and O–H groups in total. The lowest BCUT2D eigenvalue weighted by molar-refractivity contribution is -0.117. The second kappa shape index (κ2) is 17.8. The van der Waals surface area contributed by atoms with Crippen molar-refractivity contribution in [3.05, 3.63) is 47.4 Å². The number of allylic oxidation sites excluding steroid dienone is 1. The van der Waals surface area contributed by atoms with E-state index in [1.807, 2.05) is 20.8 Å². The number of benzene rings is 1. The molecule has 0 aromatic heterocycles. The molecule has 1 aromatic carbocycles. The second-order valence-corrected chi connectivity index (χ2v) is 7.87. The van der Waals surface area contributed by atoms with E-state index in [-0.39, 0.29) is 0 Å². The van der Waals surface area contributed by atoms with E-state index in [4.69, 9.17) is 9.47 Å². The highest BCUT2D eigenvalue weighted by molar-refractivity contribution is 5.80. The number of hydrogen-bond donors (Lipinski definition) is 0. The summed E-state index contributed by atoms with van der Waals surface area (Å²) in [5, 5.41) is 0. The van der Waals surface area contributed by atoms with E-state index in [1.165, 1.54) is 5.56 Å². The first-order valence-corrected chi connectivity index (χ1v) is 11.4. The van der Waals surface area contributed by atoms with Crippen LogP contribution < -0.4 is 0 Å². The van der Waals surface area contributed by atoms with Crippen molar-refractivity contribution in [1.29, 1.82) is 0 Å². The summed E-state index contributed by atoms with van der Waals surface area (Å²) in [6.07, 6.45) is 3.90. The van der Waals surface area contributed by atoms with Crippen molar-refractivity contribution in [3.63, 3.8) is 0 Å². The molecule has 3 nitrogen and oxygen atoms in total. The van der Waals surface area contributed by atoms with E-state index in [0.29, 0.717) is 24.1 Å². The van der Waals surface area contributed by atoms with Gasteiger partial charge in [0.05, 0.1) is 6.61 Å². The van der Waals surface area contributed by atoms with Crippen LogP contribution >= 0.6 is 0 Å². The van der Waals surface area contributed by atoms with E-state index in [1.54, 1.807) is 6.92 Å². The molecule has 0 radical (unpaired) electrons. The number of hydrogen-bond acceptors (Lipinski definition) is 3. The van der Waals surface area contributed by atoms with Gasteiger partial charge in [-0.25, -0.2) is 0 Å². The van der Waals surface area contributed by atoms with Gasteiger partial charge in [-0.2, -0.15) is 0 Å². The Morgan fingerprint density at radius 1 is 1.07 bits per heavy atom. The summed E-state index contributed by atoms with van der Waals surface area (Å²) in [6.45, 7) is 25.0. The fraction of sp³-hybridized carbons (Fsp3) is 0.593. The van der Waals surface area contributed by atoms with E-state index in [9.17, 15) is 4.79 Å². The number of ether oxygens (including phenoxy) is 2. The van der Waals surface area contributed by atoms with Gasteiger partial charge < -0.3 is 14.3 Å². The smallest absolute Gasteiger partial charge is 0.288 e. The number of unbranched alkanes of at least 4 members (excludes halogenated alkanes) is 1. The fourth-order valence-corrected chi connectivity index (χ4v) is 2.33. The molecule has 0 saturated heterocycles. The number of fused-ring (bicyclic) bond motifs is 1. The van der Waals surface area contributed by atoms with Crippen molar-refractivity contribution >= 4 is 17.1 Å². The number of rotatable bonds is 6. The molecule has 3 heteroatoms. The van der Waals surface area contributed by atoms with Crippen LogP contribution in [0.25, 0.3) is 11.3 Å². The highest BCUT2D eigenvalue weighted by atomic mass is 16.7. The van der Waals surface area contributed by atoms with Gasteiger partial charge in [-0.3, -0.25) is 0 Å². The molecule has 0 saturated carbocycles. The van der Waals surface area contributed by atoms with E-state index in [2.05, 4.69) is 66.3 Å². The van der Waals surface area contributed by atoms with Crippen LogP contribution in [-0.2, 0) is 14.3 Å². The molecule has 0 atom stereocenters. The molecule has 1 heterocycles. The maximum Gasteiger partial charge on any atom is 0.288 e. The van der Waals surface area contributed by atoms with Crippen LogP contribution in [0.2, 0.25) is 0 Å². The lowest BCUT2D eigenvalue weighted by Crippen LogP contribution is -2.08. The van der Waals surface area contributed by atoms with Gasteiger partial charge in [-0.15, -0.1) is 0 Å². The van der Waals surface area contributed by atoms with Crippen LogP contribution in [0.1, 0.15) is 105 Å². The minimum absolute atomic E-state index is 0.307. The monoisotopic (exact) mass is 418 g/mol. The number of ketones is 1. The summed E-state index contributed by atoms with van der Waals surface area (Å²) >= 11 is 0. The minimum Gasteiger partial charge on any atom is -0.465 e. The molecule has 0 fully saturated rings. The van der Waals surface area contributed by atoms with Crippen LogP contribution in [0.3, 0.4) is 0 Å². The molecule has 2 rings (SSSR count). The van der Waals surface area contributed by atoms with Gasteiger partial charge in [0.1, 0.15) is 11.5 Å². The lowest BCUT2D eigenvalue weighted by atomic mass is 9.96. The molecule has 172 valence electrons.